The van der Waals surface area contributed by atoms with E-state index < -0.39 is 0 Å². The number of fused-ring (bicyclic) bond motifs is 1. The maximum atomic E-state index is 5.03. The summed E-state index contributed by atoms with van der Waals surface area (Å²) in [5.74, 6) is 1.79. The third-order valence-electron chi connectivity index (χ3n) is 7.34. The molecule has 34 heavy (non-hydrogen) atoms. The zero-order valence-corrected chi connectivity index (χ0v) is 22.4. The SMILES string of the molecule is CCCCCCn1c(-c2ncc(-c3ccc4ccccc4c3)n2CC2CCCCC2)cnc1I. The van der Waals surface area contributed by atoms with Crippen LogP contribution in [-0.4, -0.2) is 19.1 Å². The highest BCUT2D eigenvalue weighted by Gasteiger charge is 2.22. The lowest BCUT2D eigenvalue weighted by Crippen LogP contribution is -2.16. The molecule has 2 aromatic carbocycles. The van der Waals surface area contributed by atoms with Crippen LogP contribution in [0.4, 0.5) is 0 Å². The minimum Gasteiger partial charge on any atom is -0.322 e. The summed E-state index contributed by atoms with van der Waals surface area (Å²) in [5.41, 5.74) is 3.63. The number of aromatic nitrogens is 4. The summed E-state index contributed by atoms with van der Waals surface area (Å²) < 4.78 is 5.93. The summed E-state index contributed by atoms with van der Waals surface area (Å²) in [6.07, 6.45) is 15.9. The third kappa shape index (κ3) is 5.09. The topological polar surface area (TPSA) is 35.6 Å². The first-order valence-electron chi connectivity index (χ1n) is 13.0. The van der Waals surface area contributed by atoms with E-state index in [1.807, 2.05) is 6.20 Å². The fraction of sp³-hybridized carbons (Fsp3) is 0.448. The molecule has 1 aliphatic carbocycles. The van der Waals surface area contributed by atoms with Crippen molar-refractivity contribution in [2.75, 3.05) is 0 Å². The molecule has 0 N–H and O–H groups in total. The zero-order chi connectivity index (χ0) is 23.3. The fourth-order valence-electron chi connectivity index (χ4n) is 5.41. The van der Waals surface area contributed by atoms with Crippen molar-refractivity contribution in [1.29, 1.82) is 0 Å². The third-order valence-corrected chi connectivity index (χ3v) is 8.20. The summed E-state index contributed by atoms with van der Waals surface area (Å²) in [5, 5.41) is 2.56. The van der Waals surface area contributed by atoms with Gasteiger partial charge in [0.05, 0.1) is 18.1 Å². The van der Waals surface area contributed by atoms with Gasteiger partial charge < -0.3 is 9.13 Å². The first-order valence-corrected chi connectivity index (χ1v) is 14.1. The van der Waals surface area contributed by atoms with E-state index in [9.17, 15) is 0 Å². The van der Waals surface area contributed by atoms with Crippen molar-refractivity contribution in [3.63, 3.8) is 0 Å². The van der Waals surface area contributed by atoms with E-state index in [-0.39, 0.29) is 0 Å². The molecule has 0 atom stereocenters. The van der Waals surface area contributed by atoms with Crippen molar-refractivity contribution in [2.45, 2.75) is 77.8 Å². The highest BCUT2D eigenvalue weighted by atomic mass is 127. The molecule has 0 amide bonds. The van der Waals surface area contributed by atoms with Crippen LogP contribution in [0.25, 0.3) is 33.5 Å². The summed E-state index contributed by atoms with van der Waals surface area (Å²) >= 11 is 2.38. The van der Waals surface area contributed by atoms with Gasteiger partial charge in [0.1, 0.15) is 5.69 Å². The van der Waals surface area contributed by atoms with Crippen LogP contribution in [0.1, 0.15) is 64.7 Å². The van der Waals surface area contributed by atoms with E-state index in [1.165, 1.54) is 79.8 Å². The molecule has 2 aromatic heterocycles. The lowest BCUT2D eigenvalue weighted by molar-refractivity contribution is 0.321. The van der Waals surface area contributed by atoms with Gasteiger partial charge in [-0.2, -0.15) is 0 Å². The Kier molecular flexibility index (Phi) is 7.67. The number of halogens is 1. The predicted octanol–water partition coefficient (Wildman–Crippen LogP) is 8.33. The number of hydrogen-bond donors (Lipinski definition) is 0. The summed E-state index contributed by atoms with van der Waals surface area (Å²) in [6.45, 7) is 4.31. The molecule has 0 radical (unpaired) electrons. The van der Waals surface area contributed by atoms with Crippen molar-refractivity contribution < 1.29 is 0 Å². The molecule has 0 bridgehead atoms. The van der Waals surface area contributed by atoms with E-state index in [0.29, 0.717) is 0 Å². The highest BCUT2D eigenvalue weighted by molar-refractivity contribution is 14.1. The number of imidazole rings is 2. The quantitative estimate of drug-likeness (QED) is 0.151. The molecule has 5 rings (SSSR count). The molecule has 0 spiro atoms. The number of rotatable bonds is 9. The van der Waals surface area contributed by atoms with E-state index in [1.54, 1.807) is 0 Å². The highest BCUT2D eigenvalue weighted by Crippen LogP contribution is 2.33. The predicted molar refractivity (Wildman–Crippen MR) is 150 cm³/mol. The second kappa shape index (κ2) is 11.1. The number of hydrogen-bond acceptors (Lipinski definition) is 2. The zero-order valence-electron chi connectivity index (χ0n) is 20.2. The average molecular weight is 567 g/mol. The Morgan fingerprint density at radius 3 is 2.47 bits per heavy atom. The Balaban J connectivity index is 1.54. The smallest absolute Gasteiger partial charge is 0.171 e. The number of unbranched alkanes of at least 4 members (excludes halogenated alkanes) is 3. The lowest BCUT2D eigenvalue weighted by atomic mass is 9.89. The molecule has 5 heteroatoms. The van der Waals surface area contributed by atoms with Gasteiger partial charge in [0.25, 0.3) is 0 Å². The molecule has 2 heterocycles. The van der Waals surface area contributed by atoms with Crippen LogP contribution in [0.3, 0.4) is 0 Å². The van der Waals surface area contributed by atoms with Crippen molar-refractivity contribution in [1.82, 2.24) is 19.1 Å². The Labute approximate surface area is 217 Å². The molecule has 178 valence electrons. The molecule has 0 aliphatic heterocycles. The van der Waals surface area contributed by atoms with Gasteiger partial charge in [0.2, 0.25) is 0 Å². The minimum atomic E-state index is 0.723. The maximum Gasteiger partial charge on any atom is 0.171 e. The van der Waals surface area contributed by atoms with E-state index in [2.05, 4.69) is 87.3 Å². The molecule has 0 saturated heterocycles. The summed E-state index contributed by atoms with van der Waals surface area (Å²) in [6, 6.07) is 15.4. The van der Waals surface area contributed by atoms with Crippen LogP contribution in [0.15, 0.2) is 54.9 Å². The molecular weight excluding hydrogens is 531 g/mol. The van der Waals surface area contributed by atoms with Crippen LogP contribution < -0.4 is 0 Å². The van der Waals surface area contributed by atoms with Gasteiger partial charge in [0.15, 0.2) is 9.66 Å². The van der Waals surface area contributed by atoms with Crippen LogP contribution >= 0.6 is 22.6 Å². The number of benzene rings is 2. The van der Waals surface area contributed by atoms with Gasteiger partial charge in [-0.1, -0.05) is 81.8 Å². The van der Waals surface area contributed by atoms with E-state index in [4.69, 9.17) is 9.97 Å². The van der Waals surface area contributed by atoms with Crippen LogP contribution in [-0.2, 0) is 13.1 Å². The molecule has 4 aromatic rings. The summed E-state index contributed by atoms with van der Waals surface area (Å²) in [4.78, 5) is 9.72. The van der Waals surface area contributed by atoms with Crippen LogP contribution in [0, 0.1) is 9.75 Å². The molecule has 4 nitrogen and oxygen atoms in total. The fourth-order valence-corrected chi connectivity index (χ4v) is 6.05. The molecule has 1 saturated carbocycles. The normalized spacial score (nSPS) is 14.8. The average Bonchev–Trinajstić information content (AvgIpc) is 3.45. The Morgan fingerprint density at radius 2 is 1.65 bits per heavy atom. The van der Waals surface area contributed by atoms with Gasteiger partial charge in [-0.3, -0.25) is 0 Å². The van der Waals surface area contributed by atoms with Crippen molar-refractivity contribution in [2.24, 2.45) is 5.92 Å². The van der Waals surface area contributed by atoms with Gasteiger partial charge in [-0.25, -0.2) is 9.97 Å². The first kappa shape index (κ1) is 23.6. The first-order chi connectivity index (χ1) is 16.7. The van der Waals surface area contributed by atoms with Crippen molar-refractivity contribution >= 4 is 33.4 Å². The van der Waals surface area contributed by atoms with Crippen molar-refractivity contribution in [3.8, 4) is 22.8 Å². The van der Waals surface area contributed by atoms with Crippen LogP contribution in [0.2, 0.25) is 0 Å². The molecular formula is C29H35IN4. The standard InChI is InChI=1S/C29H35IN4/c1-2-3-4-10-17-33-27(20-32-29(33)30)28-31-19-26(34(28)21-22-11-6-5-7-12-22)25-16-15-23-13-8-9-14-24(23)18-25/h8-9,13-16,18-20,22H,2-7,10-12,17,21H2,1H3. The minimum absolute atomic E-state index is 0.723. The lowest BCUT2D eigenvalue weighted by Gasteiger charge is -2.24. The second-order valence-corrected chi connectivity index (χ2v) is 10.7. The van der Waals surface area contributed by atoms with Gasteiger partial charge in [0, 0.05) is 18.7 Å². The monoisotopic (exact) mass is 566 g/mol. The molecule has 1 aliphatic rings. The largest absolute Gasteiger partial charge is 0.322 e. The molecule has 0 unspecified atom stereocenters. The molecule has 1 fully saturated rings. The van der Waals surface area contributed by atoms with Crippen molar-refractivity contribution in [3.05, 3.63) is 58.7 Å². The van der Waals surface area contributed by atoms with Gasteiger partial charge in [-0.05, 0) is 64.6 Å². The maximum absolute atomic E-state index is 5.03. The second-order valence-electron chi connectivity index (χ2n) is 9.77. The Bertz CT molecular complexity index is 1230. The summed E-state index contributed by atoms with van der Waals surface area (Å²) in [7, 11) is 0. The van der Waals surface area contributed by atoms with Gasteiger partial charge in [-0.15, -0.1) is 0 Å². The Morgan fingerprint density at radius 1 is 0.853 bits per heavy atom. The van der Waals surface area contributed by atoms with E-state index in [0.717, 1.165) is 34.4 Å². The Hall–Kier alpha value is -2.15. The number of nitrogens with zero attached hydrogens (tertiary/aromatic N) is 4. The van der Waals surface area contributed by atoms with E-state index >= 15 is 0 Å². The van der Waals surface area contributed by atoms with Crippen LogP contribution in [0.5, 0.6) is 0 Å². The van der Waals surface area contributed by atoms with Gasteiger partial charge >= 0.3 is 0 Å².